The van der Waals surface area contributed by atoms with Crippen molar-refractivity contribution in [3.8, 4) is 5.75 Å². The number of halogens is 1. The Labute approximate surface area is 202 Å². The molecule has 3 rings (SSSR count). The number of likely N-dealkylation sites (N-methyl/N-ethyl adjacent to an activating group) is 1. The Morgan fingerprint density at radius 3 is 2.09 bits per heavy atom. The summed E-state index contributed by atoms with van der Waals surface area (Å²) in [5, 5.41) is 2.89. The predicted octanol–water partition coefficient (Wildman–Crippen LogP) is 4.45. The van der Waals surface area contributed by atoms with Gasteiger partial charge in [-0.05, 0) is 64.9 Å². The fourth-order valence-corrected chi connectivity index (χ4v) is 3.74. The van der Waals surface area contributed by atoms with Crippen molar-refractivity contribution in [3.05, 3.63) is 99.6 Å². The standard InChI is InChI=1S/C26H27IN2O3/c1-2-28-26(31)24(17-20-9-5-3-6-10-20)29(18-21-11-7-4-8-12-21)25(30)19-32-23-15-13-22(27)14-16-23/h3-16,24H,2,17-19H2,1H3,(H,28,31)/t24-/m1/s1. The molecule has 0 aromatic heterocycles. The van der Waals surface area contributed by atoms with Crippen LogP contribution in [0.15, 0.2) is 84.9 Å². The van der Waals surface area contributed by atoms with Gasteiger partial charge in [-0.25, -0.2) is 0 Å². The number of amides is 2. The van der Waals surface area contributed by atoms with Gasteiger partial charge in [0.15, 0.2) is 6.61 Å². The highest BCUT2D eigenvalue weighted by Gasteiger charge is 2.30. The van der Waals surface area contributed by atoms with Crippen LogP contribution in [0.4, 0.5) is 0 Å². The lowest BCUT2D eigenvalue weighted by atomic mass is 10.0. The first-order chi connectivity index (χ1) is 15.6. The number of nitrogens with zero attached hydrogens (tertiary/aromatic N) is 1. The number of carbonyl (C=O) groups is 2. The highest BCUT2D eigenvalue weighted by molar-refractivity contribution is 14.1. The van der Waals surface area contributed by atoms with Crippen molar-refractivity contribution in [2.45, 2.75) is 25.9 Å². The van der Waals surface area contributed by atoms with Crippen LogP contribution in [-0.4, -0.2) is 35.9 Å². The summed E-state index contributed by atoms with van der Waals surface area (Å²) in [5.41, 5.74) is 1.95. The molecule has 1 atom stereocenters. The largest absolute Gasteiger partial charge is 0.484 e. The van der Waals surface area contributed by atoms with Crippen LogP contribution >= 0.6 is 22.6 Å². The molecule has 0 radical (unpaired) electrons. The lowest BCUT2D eigenvalue weighted by Gasteiger charge is -2.31. The van der Waals surface area contributed by atoms with E-state index in [-0.39, 0.29) is 18.4 Å². The van der Waals surface area contributed by atoms with Crippen LogP contribution in [0.5, 0.6) is 5.75 Å². The van der Waals surface area contributed by atoms with Gasteiger partial charge in [0.2, 0.25) is 5.91 Å². The van der Waals surface area contributed by atoms with E-state index >= 15 is 0 Å². The monoisotopic (exact) mass is 542 g/mol. The number of ether oxygens (including phenoxy) is 1. The van der Waals surface area contributed by atoms with Crippen molar-refractivity contribution < 1.29 is 14.3 Å². The molecule has 32 heavy (non-hydrogen) atoms. The molecule has 0 unspecified atom stereocenters. The number of hydrogen-bond acceptors (Lipinski definition) is 3. The van der Waals surface area contributed by atoms with E-state index in [0.29, 0.717) is 25.3 Å². The third-order valence-corrected chi connectivity index (χ3v) is 5.71. The Morgan fingerprint density at radius 2 is 1.50 bits per heavy atom. The summed E-state index contributed by atoms with van der Waals surface area (Å²) in [6.45, 7) is 2.56. The summed E-state index contributed by atoms with van der Waals surface area (Å²) in [5.74, 6) is 0.213. The fraction of sp³-hybridized carbons (Fsp3) is 0.231. The van der Waals surface area contributed by atoms with E-state index in [1.165, 1.54) is 0 Å². The zero-order valence-electron chi connectivity index (χ0n) is 18.0. The van der Waals surface area contributed by atoms with Crippen molar-refractivity contribution in [3.63, 3.8) is 0 Å². The summed E-state index contributed by atoms with van der Waals surface area (Å²) in [6, 6.07) is 26.3. The molecule has 0 heterocycles. The van der Waals surface area contributed by atoms with E-state index in [2.05, 4.69) is 27.9 Å². The van der Waals surface area contributed by atoms with Gasteiger partial charge in [-0.2, -0.15) is 0 Å². The molecular formula is C26H27IN2O3. The second kappa shape index (κ2) is 12.2. The van der Waals surface area contributed by atoms with E-state index in [4.69, 9.17) is 4.74 Å². The molecule has 3 aromatic rings. The minimum atomic E-state index is -0.648. The molecule has 3 aromatic carbocycles. The number of carbonyl (C=O) groups excluding carboxylic acids is 2. The molecule has 0 fully saturated rings. The third kappa shape index (κ3) is 7.09. The molecule has 0 saturated carbocycles. The van der Waals surface area contributed by atoms with E-state index in [0.717, 1.165) is 14.7 Å². The van der Waals surface area contributed by atoms with E-state index in [1.54, 1.807) is 4.90 Å². The predicted molar refractivity (Wildman–Crippen MR) is 134 cm³/mol. The molecule has 5 nitrogen and oxygen atoms in total. The Kier molecular flexibility index (Phi) is 9.10. The van der Waals surface area contributed by atoms with Crippen molar-refractivity contribution in [2.24, 2.45) is 0 Å². The highest BCUT2D eigenvalue weighted by atomic mass is 127. The number of rotatable bonds is 10. The SMILES string of the molecule is CCNC(=O)[C@@H](Cc1ccccc1)N(Cc1ccccc1)C(=O)COc1ccc(I)cc1. The van der Waals surface area contributed by atoms with E-state index in [1.807, 2.05) is 91.9 Å². The quantitative estimate of drug-likeness (QED) is 0.386. The topological polar surface area (TPSA) is 58.6 Å². The summed E-state index contributed by atoms with van der Waals surface area (Å²) < 4.78 is 6.84. The Bertz CT molecular complexity index is 995. The molecule has 6 heteroatoms. The smallest absolute Gasteiger partial charge is 0.261 e. The zero-order chi connectivity index (χ0) is 22.8. The summed E-state index contributed by atoms with van der Waals surface area (Å²) >= 11 is 2.22. The van der Waals surface area contributed by atoms with Gasteiger partial charge < -0.3 is 15.0 Å². The molecule has 0 aliphatic carbocycles. The van der Waals surface area contributed by atoms with Crippen molar-refractivity contribution >= 4 is 34.4 Å². The number of hydrogen-bond donors (Lipinski definition) is 1. The molecule has 0 aliphatic rings. The zero-order valence-corrected chi connectivity index (χ0v) is 20.2. The second-order valence-corrected chi connectivity index (χ2v) is 8.60. The first kappa shape index (κ1) is 23.8. The minimum absolute atomic E-state index is 0.141. The van der Waals surface area contributed by atoms with Crippen LogP contribution in [0.25, 0.3) is 0 Å². The molecule has 0 spiro atoms. The first-order valence-corrected chi connectivity index (χ1v) is 11.7. The van der Waals surface area contributed by atoms with Crippen LogP contribution in [-0.2, 0) is 22.6 Å². The minimum Gasteiger partial charge on any atom is -0.484 e. The molecule has 0 saturated heterocycles. The lowest BCUT2D eigenvalue weighted by molar-refractivity contribution is -0.142. The molecule has 166 valence electrons. The van der Waals surface area contributed by atoms with Gasteiger partial charge in [-0.3, -0.25) is 9.59 Å². The normalized spacial score (nSPS) is 11.4. The van der Waals surface area contributed by atoms with Gasteiger partial charge in [-0.1, -0.05) is 60.7 Å². The highest BCUT2D eigenvalue weighted by Crippen LogP contribution is 2.17. The van der Waals surface area contributed by atoms with Crippen LogP contribution in [0, 0.1) is 3.57 Å². The average molecular weight is 542 g/mol. The van der Waals surface area contributed by atoms with Gasteiger partial charge in [0.1, 0.15) is 11.8 Å². The van der Waals surface area contributed by atoms with Gasteiger partial charge in [0.25, 0.3) is 5.91 Å². The van der Waals surface area contributed by atoms with Crippen molar-refractivity contribution in [1.82, 2.24) is 10.2 Å². The number of benzene rings is 3. The van der Waals surface area contributed by atoms with E-state index < -0.39 is 6.04 Å². The maximum atomic E-state index is 13.3. The van der Waals surface area contributed by atoms with Crippen LogP contribution in [0.3, 0.4) is 0 Å². The van der Waals surface area contributed by atoms with Crippen LogP contribution in [0.1, 0.15) is 18.1 Å². The lowest BCUT2D eigenvalue weighted by Crippen LogP contribution is -2.51. The second-order valence-electron chi connectivity index (χ2n) is 7.35. The van der Waals surface area contributed by atoms with E-state index in [9.17, 15) is 9.59 Å². The van der Waals surface area contributed by atoms with Crippen LogP contribution < -0.4 is 10.1 Å². The van der Waals surface area contributed by atoms with Crippen molar-refractivity contribution in [1.29, 1.82) is 0 Å². The third-order valence-electron chi connectivity index (χ3n) is 4.99. The molecule has 0 bridgehead atoms. The summed E-state index contributed by atoms with van der Waals surface area (Å²) in [7, 11) is 0. The summed E-state index contributed by atoms with van der Waals surface area (Å²) in [6.07, 6.45) is 0.425. The van der Waals surface area contributed by atoms with Gasteiger partial charge >= 0.3 is 0 Å². The Balaban J connectivity index is 1.85. The van der Waals surface area contributed by atoms with Gasteiger partial charge in [0, 0.05) is 23.1 Å². The Morgan fingerprint density at radius 1 is 0.906 bits per heavy atom. The van der Waals surface area contributed by atoms with Gasteiger partial charge in [0.05, 0.1) is 0 Å². The number of nitrogens with one attached hydrogen (secondary N) is 1. The Hall–Kier alpha value is -2.87. The molecule has 0 aliphatic heterocycles. The van der Waals surface area contributed by atoms with Gasteiger partial charge in [-0.15, -0.1) is 0 Å². The van der Waals surface area contributed by atoms with Crippen LogP contribution in [0.2, 0.25) is 0 Å². The first-order valence-electron chi connectivity index (χ1n) is 10.6. The summed E-state index contributed by atoms with van der Waals surface area (Å²) in [4.78, 5) is 28.0. The average Bonchev–Trinajstić information content (AvgIpc) is 2.82. The maximum Gasteiger partial charge on any atom is 0.261 e. The fourth-order valence-electron chi connectivity index (χ4n) is 3.38. The molecule has 1 N–H and O–H groups in total. The maximum absolute atomic E-state index is 13.3. The van der Waals surface area contributed by atoms with Crippen molar-refractivity contribution in [2.75, 3.05) is 13.2 Å². The molecule has 2 amide bonds. The molecular weight excluding hydrogens is 515 g/mol.